The third-order valence-electron chi connectivity index (χ3n) is 3.97. The molecule has 108 valence electrons. The molecule has 0 aliphatic heterocycles. The fourth-order valence-corrected chi connectivity index (χ4v) is 2.81. The van der Waals surface area contributed by atoms with E-state index in [9.17, 15) is 9.59 Å². The molecule has 2 rings (SSSR count). The Labute approximate surface area is 114 Å². The van der Waals surface area contributed by atoms with Gasteiger partial charge in [-0.05, 0) is 25.7 Å². The number of hydrogen-bond donors (Lipinski definition) is 2. The van der Waals surface area contributed by atoms with E-state index >= 15 is 0 Å². The monoisotopic (exact) mass is 268 g/mol. The van der Waals surface area contributed by atoms with Crippen molar-refractivity contribution in [2.75, 3.05) is 13.1 Å². The maximum Gasteiger partial charge on any atom is 0.317 e. The Kier molecular flexibility index (Phi) is 5.19. The van der Waals surface area contributed by atoms with Crippen LogP contribution in [0.1, 0.15) is 51.4 Å². The molecule has 0 saturated heterocycles. The number of amides is 1. The number of nitrogens with one attached hydrogen (secondary N) is 1. The highest BCUT2D eigenvalue weighted by Crippen LogP contribution is 2.26. The molecule has 0 aromatic carbocycles. The average Bonchev–Trinajstić information content (AvgIpc) is 3.15. The summed E-state index contributed by atoms with van der Waals surface area (Å²) < 4.78 is 0. The van der Waals surface area contributed by atoms with E-state index in [0.29, 0.717) is 12.1 Å². The van der Waals surface area contributed by atoms with Gasteiger partial charge in [0, 0.05) is 12.1 Å². The molecule has 2 saturated carbocycles. The number of nitrogens with zero attached hydrogens (tertiary/aromatic N) is 1. The molecule has 0 heterocycles. The summed E-state index contributed by atoms with van der Waals surface area (Å²) in [6.07, 6.45) is 9.06. The van der Waals surface area contributed by atoms with E-state index in [4.69, 9.17) is 5.11 Å². The summed E-state index contributed by atoms with van der Waals surface area (Å²) in [4.78, 5) is 24.6. The lowest BCUT2D eigenvalue weighted by molar-refractivity contribution is -0.139. The summed E-state index contributed by atoms with van der Waals surface area (Å²) in [5.74, 6) is -0.866. The van der Waals surface area contributed by atoms with Crippen LogP contribution in [-0.4, -0.2) is 47.1 Å². The first-order chi connectivity index (χ1) is 9.15. The highest BCUT2D eigenvalue weighted by molar-refractivity contribution is 5.79. The normalized spacial score (nSPS) is 21.1. The second-order valence-corrected chi connectivity index (χ2v) is 5.79. The van der Waals surface area contributed by atoms with E-state index in [0.717, 1.165) is 25.7 Å². The smallest absolute Gasteiger partial charge is 0.317 e. The Balaban J connectivity index is 1.76. The molecule has 0 radical (unpaired) electrons. The van der Waals surface area contributed by atoms with Crippen molar-refractivity contribution in [3.05, 3.63) is 0 Å². The van der Waals surface area contributed by atoms with Crippen LogP contribution in [0, 0.1) is 0 Å². The number of hydrogen-bond acceptors (Lipinski definition) is 3. The molecule has 2 N–H and O–H groups in total. The molecule has 0 spiro atoms. The van der Waals surface area contributed by atoms with Gasteiger partial charge in [-0.25, -0.2) is 0 Å². The van der Waals surface area contributed by atoms with Gasteiger partial charge >= 0.3 is 5.97 Å². The molecule has 1 amide bonds. The van der Waals surface area contributed by atoms with E-state index in [1.165, 1.54) is 25.7 Å². The molecule has 0 bridgehead atoms. The molecule has 5 heteroatoms. The first kappa shape index (κ1) is 14.3. The zero-order valence-corrected chi connectivity index (χ0v) is 11.4. The van der Waals surface area contributed by atoms with Crippen LogP contribution in [-0.2, 0) is 9.59 Å². The van der Waals surface area contributed by atoms with Gasteiger partial charge in [0.05, 0.1) is 13.1 Å². The number of aliphatic carboxylic acids is 1. The van der Waals surface area contributed by atoms with Crippen molar-refractivity contribution >= 4 is 11.9 Å². The largest absolute Gasteiger partial charge is 0.480 e. The second kappa shape index (κ2) is 6.89. The minimum absolute atomic E-state index is 0.0138. The van der Waals surface area contributed by atoms with Gasteiger partial charge in [-0.2, -0.15) is 0 Å². The van der Waals surface area contributed by atoms with Gasteiger partial charge in [0.15, 0.2) is 0 Å². The first-order valence-corrected chi connectivity index (χ1v) is 7.40. The second-order valence-electron chi connectivity index (χ2n) is 5.79. The van der Waals surface area contributed by atoms with Crippen LogP contribution >= 0.6 is 0 Å². The zero-order chi connectivity index (χ0) is 13.7. The van der Waals surface area contributed by atoms with Gasteiger partial charge in [-0.3, -0.25) is 14.5 Å². The van der Waals surface area contributed by atoms with E-state index in [1.54, 1.807) is 4.90 Å². The van der Waals surface area contributed by atoms with Crippen LogP contribution in [0.3, 0.4) is 0 Å². The van der Waals surface area contributed by atoms with Crippen LogP contribution in [0.4, 0.5) is 0 Å². The number of carbonyl (C=O) groups is 2. The van der Waals surface area contributed by atoms with Gasteiger partial charge in [-0.15, -0.1) is 0 Å². The molecular formula is C14H24N2O3. The lowest BCUT2D eigenvalue weighted by Gasteiger charge is -2.22. The summed E-state index contributed by atoms with van der Waals surface area (Å²) in [5, 5.41) is 11.9. The Bertz CT molecular complexity index is 321. The van der Waals surface area contributed by atoms with Crippen molar-refractivity contribution in [3.63, 3.8) is 0 Å². The van der Waals surface area contributed by atoms with Crippen molar-refractivity contribution in [3.8, 4) is 0 Å². The topological polar surface area (TPSA) is 69.6 Å². The predicted octanol–water partition coefficient (Wildman–Crippen LogP) is 1.37. The quantitative estimate of drug-likeness (QED) is 0.714. The van der Waals surface area contributed by atoms with Crippen molar-refractivity contribution in [2.24, 2.45) is 0 Å². The maximum absolute atomic E-state index is 12.0. The Morgan fingerprint density at radius 3 is 2.16 bits per heavy atom. The van der Waals surface area contributed by atoms with Crippen LogP contribution < -0.4 is 5.32 Å². The van der Waals surface area contributed by atoms with Gasteiger partial charge in [-0.1, -0.05) is 25.7 Å². The summed E-state index contributed by atoms with van der Waals surface area (Å²) in [7, 11) is 0. The van der Waals surface area contributed by atoms with Crippen molar-refractivity contribution < 1.29 is 14.7 Å². The molecule has 2 aliphatic rings. The fourth-order valence-electron chi connectivity index (χ4n) is 2.81. The number of carboxylic acids is 1. The van der Waals surface area contributed by atoms with Gasteiger partial charge in [0.25, 0.3) is 0 Å². The van der Waals surface area contributed by atoms with Crippen LogP contribution in [0.15, 0.2) is 0 Å². The van der Waals surface area contributed by atoms with Gasteiger partial charge in [0.2, 0.25) is 5.91 Å². The third kappa shape index (κ3) is 5.19. The molecule has 5 nitrogen and oxygen atoms in total. The Hall–Kier alpha value is -1.10. The van der Waals surface area contributed by atoms with Crippen LogP contribution in [0.25, 0.3) is 0 Å². The third-order valence-corrected chi connectivity index (χ3v) is 3.97. The molecule has 0 unspecified atom stereocenters. The first-order valence-electron chi connectivity index (χ1n) is 7.40. The average molecular weight is 268 g/mol. The number of carbonyl (C=O) groups excluding carboxylic acids is 1. The molecule has 2 fully saturated rings. The van der Waals surface area contributed by atoms with Gasteiger partial charge < -0.3 is 10.4 Å². The Morgan fingerprint density at radius 2 is 1.63 bits per heavy atom. The van der Waals surface area contributed by atoms with Crippen molar-refractivity contribution in [2.45, 2.75) is 63.5 Å². The van der Waals surface area contributed by atoms with E-state index in [1.807, 2.05) is 0 Å². The zero-order valence-electron chi connectivity index (χ0n) is 11.4. The van der Waals surface area contributed by atoms with Crippen LogP contribution in [0.2, 0.25) is 0 Å². The molecule has 0 atom stereocenters. The number of carboxylic acid groups (broad SMARTS) is 1. The van der Waals surface area contributed by atoms with E-state index in [-0.39, 0.29) is 19.0 Å². The SMILES string of the molecule is O=C(O)CN(CC(=O)NC1CCCCCC1)C1CC1. The maximum atomic E-state index is 12.0. The van der Waals surface area contributed by atoms with Crippen LogP contribution in [0.5, 0.6) is 0 Å². The minimum atomic E-state index is -0.853. The predicted molar refractivity (Wildman–Crippen MR) is 71.9 cm³/mol. The molecular weight excluding hydrogens is 244 g/mol. The molecule has 19 heavy (non-hydrogen) atoms. The summed E-state index contributed by atoms with van der Waals surface area (Å²) in [5.41, 5.74) is 0. The van der Waals surface area contributed by atoms with E-state index < -0.39 is 5.97 Å². The summed E-state index contributed by atoms with van der Waals surface area (Å²) in [6, 6.07) is 0.594. The Morgan fingerprint density at radius 1 is 1.00 bits per heavy atom. The summed E-state index contributed by atoms with van der Waals surface area (Å²) >= 11 is 0. The standard InChI is InChI=1S/C14H24N2O3/c17-13(15-11-5-3-1-2-4-6-11)9-16(10-14(18)19)12-7-8-12/h11-12H,1-10H2,(H,15,17)(H,18,19). The highest BCUT2D eigenvalue weighted by atomic mass is 16.4. The summed E-state index contributed by atoms with van der Waals surface area (Å²) in [6.45, 7) is 0.205. The highest BCUT2D eigenvalue weighted by Gasteiger charge is 2.31. The molecule has 2 aliphatic carbocycles. The number of rotatable bonds is 6. The van der Waals surface area contributed by atoms with Crippen molar-refractivity contribution in [1.29, 1.82) is 0 Å². The van der Waals surface area contributed by atoms with Gasteiger partial charge in [0.1, 0.15) is 0 Å². The van der Waals surface area contributed by atoms with Crippen molar-refractivity contribution in [1.82, 2.24) is 10.2 Å². The molecule has 0 aromatic rings. The lowest BCUT2D eigenvalue weighted by Crippen LogP contribution is -2.44. The fraction of sp³-hybridized carbons (Fsp3) is 0.857. The van der Waals surface area contributed by atoms with E-state index in [2.05, 4.69) is 5.32 Å². The lowest BCUT2D eigenvalue weighted by atomic mass is 10.1. The molecule has 0 aromatic heterocycles. The minimum Gasteiger partial charge on any atom is -0.480 e.